The van der Waals surface area contributed by atoms with Crippen LogP contribution in [0.2, 0.25) is 0 Å². The average molecular weight is 328 g/mol. The summed E-state index contributed by atoms with van der Waals surface area (Å²) in [4.78, 5) is 10.3. The van der Waals surface area contributed by atoms with Crippen molar-refractivity contribution in [1.82, 2.24) is 0 Å². The normalized spacial score (nSPS) is 23.7. The minimum Gasteiger partial charge on any atom is -0.380 e. The summed E-state index contributed by atoms with van der Waals surface area (Å²) in [6, 6.07) is 5.14. The van der Waals surface area contributed by atoms with Crippen molar-refractivity contribution in [3.63, 3.8) is 0 Å². The summed E-state index contributed by atoms with van der Waals surface area (Å²) in [7, 11) is 0. The van der Waals surface area contributed by atoms with E-state index in [1.807, 2.05) is 0 Å². The number of hydrogen-bond acceptors (Lipinski definition) is 4. The maximum atomic E-state index is 10.7. The molecule has 0 saturated heterocycles. The molecule has 19 heavy (non-hydrogen) atoms. The van der Waals surface area contributed by atoms with Crippen LogP contribution in [-0.2, 0) is 0 Å². The van der Waals surface area contributed by atoms with E-state index in [-0.39, 0.29) is 17.8 Å². The number of nitro benzene ring substituents is 1. The molecule has 0 amide bonds. The lowest BCUT2D eigenvalue weighted by molar-refractivity contribution is -0.384. The van der Waals surface area contributed by atoms with Gasteiger partial charge in [-0.25, -0.2) is 0 Å². The molecule has 2 rings (SSSR count). The molecule has 0 aromatic heterocycles. The summed E-state index contributed by atoms with van der Waals surface area (Å²) in [5.41, 5.74) is 7.12. The Morgan fingerprint density at radius 3 is 2.74 bits per heavy atom. The summed E-state index contributed by atoms with van der Waals surface area (Å²) in [6.45, 7) is 0. The van der Waals surface area contributed by atoms with Crippen LogP contribution < -0.4 is 11.1 Å². The zero-order chi connectivity index (χ0) is 13.8. The highest BCUT2D eigenvalue weighted by molar-refractivity contribution is 9.10. The Hall–Kier alpha value is -1.14. The van der Waals surface area contributed by atoms with Gasteiger partial charge in [0.2, 0.25) is 0 Å². The molecule has 3 N–H and O–H groups in total. The van der Waals surface area contributed by atoms with Crippen LogP contribution in [0.3, 0.4) is 0 Å². The molecule has 2 unspecified atom stereocenters. The third kappa shape index (κ3) is 3.67. The fourth-order valence-corrected chi connectivity index (χ4v) is 2.93. The van der Waals surface area contributed by atoms with E-state index in [4.69, 9.17) is 5.73 Å². The Morgan fingerprint density at radius 2 is 2.05 bits per heavy atom. The van der Waals surface area contributed by atoms with E-state index in [1.165, 1.54) is 31.4 Å². The van der Waals surface area contributed by atoms with Crippen molar-refractivity contribution >= 4 is 27.3 Å². The molecule has 0 spiro atoms. The lowest BCUT2D eigenvalue weighted by Crippen LogP contribution is -2.39. The van der Waals surface area contributed by atoms with Crippen LogP contribution in [0.25, 0.3) is 0 Å². The minimum absolute atomic E-state index is 0.0857. The number of nitrogens with one attached hydrogen (secondary N) is 1. The van der Waals surface area contributed by atoms with E-state index in [0.717, 1.165) is 18.5 Å². The Bertz CT molecular complexity index is 467. The number of nitrogens with two attached hydrogens (primary N) is 1. The van der Waals surface area contributed by atoms with Crippen molar-refractivity contribution in [2.75, 3.05) is 5.32 Å². The van der Waals surface area contributed by atoms with Gasteiger partial charge < -0.3 is 11.1 Å². The van der Waals surface area contributed by atoms with Crippen molar-refractivity contribution in [3.05, 3.63) is 32.8 Å². The SMILES string of the molecule is NC1CCCCCC1Nc1ccc([N+](=O)[O-])cc1Br. The second-order valence-electron chi connectivity index (χ2n) is 4.97. The lowest BCUT2D eigenvalue weighted by Gasteiger charge is -2.24. The topological polar surface area (TPSA) is 81.2 Å². The number of benzene rings is 1. The van der Waals surface area contributed by atoms with Crippen molar-refractivity contribution in [3.8, 4) is 0 Å². The van der Waals surface area contributed by atoms with Crippen molar-refractivity contribution in [2.45, 2.75) is 44.2 Å². The highest BCUT2D eigenvalue weighted by Gasteiger charge is 2.21. The summed E-state index contributed by atoms with van der Waals surface area (Å²) >= 11 is 3.37. The fraction of sp³-hybridized carbons (Fsp3) is 0.538. The van der Waals surface area contributed by atoms with E-state index in [2.05, 4.69) is 21.2 Å². The summed E-state index contributed by atoms with van der Waals surface area (Å²) in [5.74, 6) is 0. The number of halogens is 1. The van der Waals surface area contributed by atoms with Gasteiger partial charge in [-0.05, 0) is 34.8 Å². The van der Waals surface area contributed by atoms with Crippen LogP contribution in [0.4, 0.5) is 11.4 Å². The van der Waals surface area contributed by atoms with Gasteiger partial charge in [-0.2, -0.15) is 0 Å². The maximum absolute atomic E-state index is 10.7. The molecular weight excluding hydrogens is 310 g/mol. The number of hydrogen-bond donors (Lipinski definition) is 2. The van der Waals surface area contributed by atoms with E-state index in [1.54, 1.807) is 6.07 Å². The largest absolute Gasteiger partial charge is 0.380 e. The molecule has 2 atom stereocenters. The van der Waals surface area contributed by atoms with Gasteiger partial charge in [-0.15, -0.1) is 0 Å². The maximum Gasteiger partial charge on any atom is 0.270 e. The molecule has 104 valence electrons. The predicted octanol–water partition coefficient (Wildman–Crippen LogP) is 3.43. The van der Waals surface area contributed by atoms with Crippen LogP contribution in [-0.4, -0.2) is 17.0 Å². The number of rotatable bonds is 3. The summed E-state index contributed by atoms with van der Waals surface area (Å²) in [6.07, 6.45) is 5.66. The van der Waals surface area contributed by atoms with Crippen LogP contribution in [0.5, 0.6) is 0 Å². The standard InChI is InChI=1S/C13H18BrN3O2/c14-10-8-9(17(18)19)6-7-12(10)16-13-5-3-1-2-4-11(13)15/h6-8,11,13,16H,1-5,15H2. The Labute approximate surface area is 120 Å². The summed E-state index contributed by atoms with van der Waals surface area (Å²) < 4.78 is 0.707. The van der Waals surface area contributed by atoms with Gasteiger partial charge in [0.05, 0.1) is 4.92 Å². The molecule has 0 bridgehead atoms. The van der Waals surface area contributed by atoms with Crippen LogP contribution in [0, 0.1) is 10.1 Å². The zero-order valence-corrected chi connectivity index (χ0v) is 12.2. The van der Waals surface area contributed by atoms with Gasteiger partial charge in [0, 0.05) is 34.4 Å². The van der Waals surface area contributed by atoms with Gasteiger partial charge in [-0.3, -0.25) is 10.1 Å². The van der Waals surface area contributed by atoms with Crippen LogP contribution in [0.1, 0.15) is 32.1 Å². The third-order valence-corrected chi connectivity index (χ3v) is 4.23. The van der Waals surface area contributed by atoms with E-state index in [9.17, 15) is 10.1 Å². The smallest absolute Gasteiger partial charge is 0.270 e. The lowest BCUT2D eigenvalue weighted by atomic mass is 10.0. The molecule has 0 radical (unpaired) electrons. The van der Waals surface area contributed by atoms with Gasteiger partial charge >= 0.3 is 0 Å². The molecule has 0 heterocycles. The highest BCUT2D eigenvalue weighted by Crippen LogP contribution is 2.29. The monoisotopic (exact) mass is 327 g/mol. The molecule has 0 aliphatic heterocycles. The van der Waals surface area contributed by atoms with E-state index >= 15 is 0 Å². The Balaban J connectivity index is 2.11. The first-order valence-corrected chi connectivity index (χ1v) is 7.33. The molecule has 5 nitrogen and oxygen atoms in total. The first-order chi connectivity index (χ1) is 9.08. The number of nitro groups is 1. The molecule has 1 aromatic carbocycles. The zero-order valence-electron chi connectivity index (χ0n) is 10.6. The fourth-order valence-electron chi connectivity index (χ4n) is 2.45. The van der Waals surface area contributed by atoms with Crippen molar-refractivity contribution in [2.24, 2.45) is 5.73 Å². The number of anilines is 1. The number of non-ortho nitro benzene ring substituents is 1. The minimum atomic E-state index is -0.397. The van der Waals surface area contributed by atoms with Gasteiger partial charge in [0.25, 0.3) is 5.69 Å². The molecule has 6 heteroatoms. The van der Waals surface area contributed by atoms with Crippen molar-refractivity contribution in [1.29, 1.82) is 0 Å². The molecule has 1 aliphatic rings. The molecule has 1 fully saturated rings. The Kier molecular flexibility index (Phi) is 4.76. The molecule has 1 saturated carbocycles. The first kappa shape index (κ1) is 14.3. The van der Waals surface area contributed by atoms with Gasteiger partial charge in [0.1, 0.15) is 0 Å². The van der Waals surface area contributed by atoms with E-state index in [0.29, 0.717) is 4.47 Å². The first-order valence-electron chi connectivity index (χ1n) is 6.54. The quantitative estimate of drug-likeness (QED) is 0.506. The van der Waals surface area contributed by atoms with Crippen LogP contribution >= 0.6 is 15.9 Å². The predicted molar refractivity (Wildman–Crippen MR) is 79.3 cm³/mol. The second kappa shape index (κ2) is 6.34. The molecule has 1 aliphatic carbocycles. The highest BCUT2D eigenvalue weighted by atomic mass is 79.9. The average Bonchev–Trinajstić information content (AvgIpc) is 2.57. The van der Waals surface area contributed by atoms with Crippen molar-refractivity contribution < 1.29 is 4.92 Å². The second-order valence-corrected chi connectivity index (χ2v) is 5.83. The molecule has 1 aromatic rings. The third-order valence-electron chi connectivity index (χ3n) is 3.57. The number of nitrogens with zero attached hydrogens (tertiary/aromatic N) is 1. The van der Waals surface area contributed by atoms with E-state index < -0.39 is 4.92 Å². The Morgan fingerprint density at radius 1 is 1.32 bits per heavy atom. The molecular formula is C13H18BrN3O2. The van der Waals surface area contributed by atoms with Gasteiger partial charge in [-0.1, -0.05) is 19.3 Å². The van der Waals surface area contributed by atoms with Crippen LogP contribution in [0.15, 0.2) is 22.7 Å². The summed E-state index contributed by atoms with van der Waals surface area (Å²) in [5, 5.41) is 14.1. The van der Waals surface area contributed by atoms with Gasteiger partial charge in [0.15, 0.2) is 0 Å².